The Balaban J connectivity index is 1.77. The molecule has 1 aromatic rings. The molecule has 1 saturated carbocycles. The first-order valence-corrected chi connectivity index (χ1v) is 11.8. The molecule has 158 valence electrons. The number of ether oxygens (including phenoxy) is 1. The third kappa shape index (κ3) is 7.85. The van der Waals surface area contributed by atoms with E-state index in [0.717, 1.165) is 24.2 Å². The fourth-order valence-corrected chi connectivity index (χ4v) is 4.04. The van der Waals surface area contributed by atoms with E-state index in [1.54, 1.807) is 13.2 Å². The zero-order valence-corrected chi connectivity index (χ0v) is 18.2. The number of sulfonamides is 1. The molecule has 1 aliphatic rings. The van der Waals surface area contributed by atoms with E-state index < -0.39 is 10.0 Å². The van der Waals surface area contributed by atoms with E-state index in [-0.39, 0.29) is 12.3 Å². The number of guanidine groups is 1. The first-order valence-electron chi connectivity index (χ1n) is 9.75. The van der Waals surface area contributed by atoms with Gasteiger partial charge in [0.2, 0.25) is 10.0 Å². The van der Waals surface area contributed by atoms with Gasteiger partial charge in [-0.05, 0) is 49.8 Å². The average Bonchev–Trinajstić information content (AvgIpc) is 2.61. The second kappa shape index (κ2) is 11.5. The summed E-state index contributed by atoms with van der Waals surface area (Å²) < 4.78 is 32.0. The Kier molecular flexibility index (Phi) is 9.34. The minimum Gasteiger partial charge on any atom is -0.497 e. The lowest BCUT2D eigenvalue weighted by molar-refractivity contribution is 0.316. The van der Waals surface area contributed by atoms with Crippen molar-refractivity contribution in [1.29, 1.82) is 0 Å². The summed E-state index contributed by atoms with van der Waals surface area (Å²) >= 11 is 6.26. The molecule has 0 spiro atoms. The lowest BCUT2D eigenvalue weighted by Gasteiger charge is -2.25. The number of hydrogen-bond acceptors (Lipinski definition) is 4. The summed E-state index contributed by atoms with van der Waals surface area (Å²) in [5, 5.41) is 7.00. The largest absolute Gasteiger partial charge is 0.497 e. The smallest absolute Gasteiger partial charge is 0.213 e. The van der Waals surface area contributed by atoms with Crippen molar-refractivity contribution in [2.24, 2.45) is 10.9 Å². The Labute approximate surface area is 173 Å². The molecule has 0 unspecified atom stereocenters. The quantitative estimate of drug-likeness (QED) is 0.369. The topological polar surface area (TPSA) is 91.8 Å². The van der Waals surface area contributed by atoms with Gasteiger partial charge in [0.25, 0.3) is 0 Å². The number of benzene rings is 1. The first kappa shape index (κ1) is 22.8. The number of nitrogens with one attached hydrogen (secondary N) is 3. The van der Waals surface area contributed by atoms with Gasteiger partial charge in [-0.25, -0.2) is 13.1 Å². The molecule has 0 aliphatic heterocycles. The minimum atomic E-state index is -3.28. The highest BCUT2D eigenvalue weighted by Crippen LogP contribution is 2.25. The van der Waals surface area contributed by atoms with Crippen LogP contribution in [0.2, 0.25) is 5.02 Å². The number of nitrogens with zero attached hydrogens (tertiary/aromatic N) is 1. The van der Waals surface area contributed by atoms with E-state index in [2.05, 4.69) is 20.3 Å². The normalized spacial score (nSPS) is 15.2. The van der Waals surface area contributed by atoms with Gasteiger partial charge in [-0.1, -0.05) is 24.1 Å². The van der Waals surface area contributed by atoms with Crippen LogP contribution < -0.4 is 20.1 Å². The average molecular weight is 431 g/mol. The van der Waals surface area contributed by atoms with Crippen LogP contribution in [-0.4, -0.2) is 53.4 Å². The molecule has 1 aromatic carbocycles. The molecule has 7 nitrogen and oxygen atoms in total. The molecule has 0 radical (unpaired) electrons. The third-order valence-electron chi connectivity index (χ3n) is 4.74. The van der Waals surface area contributed by atoms with Crippen molar-refractivity contribution in [1.82, 2.24) is 15.4 Å². The van der Waals surface area contributed by atoms with E-state index >= 15 is 0 Å². The Bertz CT molecular complexity index is 752. The predicted molar refractivity (Wildman–Crippen MR) is 115 cm³/mol. The Morgan fingerprint density at radius 3 is 2.71 bits per heavy atom. The molecule has 2 rings (SSSR count). The molecular formula is C19H31ClN4O3S. The van der Waals surface area contributed by atoms with Crippen LogP contribution in [0.25, 0.3) is 0 Å². The summed E-state index contributed by atoms with van der Waals surface area (Å²) in [4.78, 5) is 4.36. The summed E-state index contributed by atoms with van der Waals surface area (Å²) in [6.07, 6.45) is 4.16. The van der Waals surface area contributed by atoms with Crippen molar-refractivity contribution in [3.8, 4) is 5.75 Å². The van der Waals surface area contributed by atoms with Gasteiger partial charge < -0.3 is 15.4 Å². The molecule has 0 aromatic heterocycles. The second-order valence-corrected chi connectivity index (χ2v) is 9.19. The zero-order valence-electron chi connectivity index (χ0n) is 16.6. The maximum absolute atomic E-state index is 12.1. The molecule has 0 amide bonds. The fraction of sp³-hybridized carbons (Fsp3) is 0.632. The molecule has 3 N–H and O–H groups in total. The van der Waals surface area contributed by atoms with Gasteiger partial charge in [0.05, 0.1) is 19.4 Å². The molecule has 28 heavy (non-hydrogen) atoms. The summed E-state index contributed by atoms with van der Waals surface area (Å²) in [5.41, 5.74) is 1.01. The van der Waals surface area contributed by atoms with Crippen molar-refractivity contribution in [3.63, 3.8) is 0 Å². The number of rotatable bonds is 11. The van der Waals surface area contributed by atoms with Crippen LogP contribution in [0, 0.1) is 5.92 Å². The summed E-state index contributed by atoms with van der Waals surface area (Å²) in [6, 6.07) is 5.60. The maximum Gasteiger partial charge on any atom is 0.213 e. The van der Waals surface area contributed by atoms with E-state index in [0.29, 0.717) is 43.0 Å². The van der Waals surface area contributed by atoms with Crippen LogP contribution in [-0.2, 0) is 16.4 Å². The van der Waals surface area contributed by atoms with Crippen LogP contribution >= 0.6 is 11.6 Å². The molecule has 0 heterocycles. The molecule has 0 bridgehead atoms. The Morgan fingerprint density at radius 1 is 1.32 bits per heavy atom. The highest BCUT2D eigenvalue weighted by Gasteiger charge is 2.19. The SMILES string of the molecule is CCNC(=NCCS(=O)(=O)NCC1CCC1)NCCc1ccc(OC)cc1Cl. The Hall–Kier alpha value is -1.51. The van der Waals surface area contributed by atoms with Crippen molar-refractivity contribution >= 4 is 27.6 Å². The lowest BCUT2D eigenvalue weighted by atomic mass is 9.86. The number of methoxy groups -OCH3 is 1. The zero-order chi connectivity index (χ0) is 20.4. The molecular weight excluding hydrogens is 400 g/mol. The standard InChI is InChI=1S/C19H31ClN4O3S/c1-3-21-19(22-10-9-16-7-8-17(27-2)13-18(16)20)23-11-12-28(25,26)24-14-15-5-4-6-15/h7-8,13,15,24H,3-6,9-12,14H2,1-2H3,(H2,21,22,23). The number of hydrogen-bond donors (Lipinski definition) is 3. The van der Waals surface area contributed by atoms with E-state index in [4.69, 9.17) is 16.3 Å². The molecule has 0 saturated heterocycles. The van der Waals surface area contributed by atoms with Gasteiger partial charge in [-0.15, -0.1) is 0 Å². The number of halogens is 1. The maximum atomic E-state index is 12.1. The molecule has 1 aliphatic carbocycles. The van der Waals surface area contributed by atoms with E-state index in [1.165, 1.54) is 6.42 Å². The van der Waals surface area contributed by atoms with Crippen molar-refractivity contribution in [2.75, 3.05) is 39.0 Å². The Morgan fingerprint density at radius 2 is 2.11 bits per heavy atom. The van der Waals surface area contributed by atoms with Crippen LogP contribution in [0.4, 0.5) is 0 Å². The second-order valence-electron chi connectivity index (χ2n) is 6.86. The summed E-state index contributed by atoms with van der Waals surface area (Å²) in [7, 11) is -1.67. The van der Waals surface area contributed by atoms with Crippen LogP contribution in [0.15, 0.2) is 23.2 Å². The monoisotopic (exact) mass is 430 g/mol. The van der Waals surface area contributed by atoms with Crippen molar-refractivity contribution in [2.45, 2.75) is 32.6 Å². The predicted octanol–water partition coefficient (Wildman–Crippen LogP) is 2.17. The molecule has 1 fully saturated rings. The lowest BCUT2D eigenvalue weighted by Crippen LogP contribution is -2.39. The molecule has 9 heteroatoms. The van der Waals surface area contributed by atoms with Gasteiger partial charge in [-0.3, -0.25) is 4.99 Å². The van der Waals surface area contributed by atoms with Gasteiger partial charge in [0, 0.05) is 24.7 Å². The highest BCUT2D eigenvalue weighted by molar-refractivity contribution is 7.89. The van der Waals surface area contributed by atoms with Gasteiger partial charge in [-0.2, -0.15) is 0 Å². The molecule has 0 atom stereocenters. The summed E-state index contributed by atoms with van der Waals surface area (Å²) in [5.74, 6) is 1.81. The van der Waals surface area contributed by atoms with Crippen LogP contribution in [0.3, 0.4) is 0 Å². The van der Waals surface area contributed by atoms with E-state index in [9.17, 15) is 8.42 Å². The van der Waals surface area contributed by atoms with Crippen molar-refractivity contribution < 1.29 is 13.2 Å². The minimum absolute atomic E-state index is 0.0133. The van der Waals surface area contributed by atoms with Gasteiger partial charge in [0.15, 0.2) is 5.96 Å². The van der Waals surface area contributed by atoms with E-state index in [1.807, 2.05) is 19.1 Å². The van der Waals surface area contributed by atoms with Crippen LogP contribution in [0.5, 0.6) is 5.75 Å². The third-order valence-corrected chi connectivity index (χ3v) is 6.42. The number of aliphatic imine (C=N–C) groups is 1. The van der Waals surface area contributed by atoms with Crippen molar-refractivity contribution in [3.05, 3.63) is 28.8 Å². The van der Waals surface area contributed by atoms with Gasteiger partial charge in [0.1, 0.15) is 5.75 Å². The summed E-state index contributed by atoms with van der Waals surface area (Å²) in [6.45, 7) is 4.05. The first-order chi connectivity index (χ1) is 13.4. The highest BCUT2D eigenvalue weighted by atomic mass is 35.5. The van der Waals surface area contributed by atoms with Gasteiger partial charge >= 0.3 is 0 Å². The fourth-order valence-electron chi connectivity index (χ4n) is 2.81. The van der Waals surface area contributed by atoms with Crippen LogP contribution in [0.1, 0.15) is 31.7 Å².